The second kappa shape index (κ2) is 13.8. The summed E-state index contributed by atoms with van der Waals surface area (Å²) < 4.78 is 0. The van der Waals surface area contributed by atoms with Crippen molar-refractivity contribution in [3.63, 3.8) is 0 Å². The molecule has 240 valence electrons. The smallest absolute Gasteiger partial charge is 0.0462 e. The highest BCUT2D eigenvalue weighted by molar-refractivity contribution is 5.80. The second-order valence-electron chi connectivity index (χ2n) is 14.5. The molecular weight excluding hydrogens is 581 g/mol. The topological polar surface area (TPSA) is 6.48 Å². The maximum atomic E-state index is 2.34. The van der Waals surface area contributed by atoms with Crippen LogP contribution < -0.4 is 9.80 Å². The van der Waals surface area contributed by atoms with Gasteiger partial charge in [0.25, 0.3) is 0 Å². The summed E-state index contributed by atoms with van der Waals surface area (Å²) in [6.45, 7) is 13.6. The molecule has 0 fully saturated rings. The molecule has 0 saturated heterocycles. The first kappa shape index (κ1) is 32.6. The van der Waals surface area contributed by atoms with E-state index in [-0.39, 0.29) is 10.8 Å². The number of anilines is 6. The molecule has 0 aromatic heterocycles. The maximum absolute atomic E-state index is 2.34. The Labute approximate surface area is 287 Å². The molecule has 0 radical (unpaired) electrons. The Kier molecular flexibility index (Phi) is 9.37. The third-order valence-electron chi connectivity index (χ3n) is 8.78. The standard InChI is InChI=1S/C46H46N2/c1-45(2,3)37-23-31-43(32-24-37)48(44-33-25-38(26-34-44)46(4,5)6)42-29-21-36(22-30-42)18-17-35-19-27-41(28-20-35)47(39-13-9-7-10-14-39)40-15-11-8-12-16-40/h7-34H,1-6H3. The Hall–Kier alpha value is -5.34. The molecule has 0 N–H and O–H groups in total. The molecule has 0 aliphatic carbocycles. The Morgan fingerprint density at radius 1 is 0.312 bits per heavy atom. The van der Waals surface area contributed by atoms with Gasteiger partial charge >= 0.3 is 0 Å². The van der Waals surface area contributed by atoms with Crippen molar-refractivity contribution >= 4 is 46.3 Å². The normalized spacial score (nSPS) is 11.9. The lowest BCUT2D eigenvalue weighted by Gasteiger charge is -2.28. The summed E-state index contributed by atoms with van der Waals surface area (Å²) in [5.41, 5.74) is 12.0. The summed E-state index contributed by atoms with van der Waals surface area (Å²) in [4.78, 5) is 4.63. The van der Waals surface area contributed by atoms with Crippen LogP contribution in [0.25, 0.3) is 12.2 Å². The van der Waals surface area contributed by atoms with Crippen LogP contribution in [0.5, 0.6) is 0 Å². The molecular formula is C46H46N2. The van der Waals surface area contributed by atoms with Gasteiger partial charge in [-0.1, -0.05) is 139 Å². The van der Waals surface area contributed by atoms with E-state index >= 15 is 0 Å². The lowest BCUT2D eigenvalue weighted by Crippen LogP contribution is -2.14. The number of nitrogens with zero attached hydrogens (tertiary/aromatic N) is 2. The highest BCUT2D eigenvalue weighted by atomic mass is 15.1. The van der Waals surface area contributed by atoms with Gasteiger partial charge in [0, 0.05) is 34.1 Å². The highest BCUT2D eigenvalue weighted by Crippen LogP contribution is 2.38. The molecule has 0 spiro atoms. The third kappa shape index (κ3) is 7.61. The molecule has 0 heterocycles. The Balaban J connectivity index is 1.25. The molecule has 0 saturated carbocycles. The summed E-state index contributed by atoms with van der Waals surface area (Å²) in [5.74, 6) is 0. The predicted molar refractivity (Wildman–Crippen MR) is 209 cm³/mol. The van der Waals surface area contributed by atoms with Gasteiger partial charge in [-0.25, -0.2) is 0 Å². The summed E-state index contributed by atoms with van der Waals surface area (Å²) >= 11 is 0. The van der Waals surface area contributed by atoms with Gasteiger partial charge in [-0.3, -0.25) is 0 Å². The minimum Gasteiger partial charge on any atom is -0.311 e. The van der Waals surface area contributed by atoms with E-state index in [1.54, 1.807) is 0 Å². The van der Waals surface area contributed by atoms with Crippen molar-refractivity contribution in [3.05, 3.63) is 180 Å². The van der Waals surface area contributed by atoms with Gasteiger partial charge in [0.1, 0.15) is 0 Å². The van der Waals surface area contributed by atoms with Gasteiger partial charge in [-0.2, -0.15) is 0 Å². The van der Waals surface area contributed by atoms with Crippen LogP contribution in [-0.4, -0.2) is 0 Å². The summed E-state index contributed by atoms with van der Waals surface area (Å²) in [6.07, 6.45) is 4.37. The van der Waals surface area contributed by atoms with Crippen LogP contribution in [0.3, 0.4) is 0 Å². The Morgan fingerprint density at radius 3 is 0.833 bits per heavy atom. The Bertz CT molecular complexity index is 1830. The summed E-state index contributed by atoms with van der Waals surface area (Å²) in [5, 5.41) is 0. The van der Waals surface area contributed by atoms with Crippen LogP contribution in [0.2, 0.25) is 0 Å². The first-order valence-corrected chi connectivity index (χ1v) is 16.9. The number of benzene rings is 6. The molecule has 6 aromatic rings. The molecule has 0 bridgehead atoms. The summed E-state index contributed by atoms with van der Waals surface area (Å²) in [6, 6.07) is 56.6. The third-order valence-corrected chi connectivity index (χ3v) is 8.78. The van der Waals surface area contributed by atoms with E-state index in [2.05, 4.69) is 221 Å². The van der Waals surface area contributed by atoms with E-state index in [4.69, 9.17) is 0 Å². The van der Waals surface area contributed by atoms with Gasteiger partial charge in [0.2, 0.25) is 0 Å². The quantitative estimate of drug-likeness (QED) is 0.155. The number of rotatable bonds is 8. The van der Waals surface area contributed by atoms with E-state index in [1.165, 1.54) is 11.1 Å². The molecule has 0 amide bonds. The predicted octanol–water partition coefficient (Wildman–Crippen LogP) is 13.4. The van der Waals surface area contributed by atoms with Crippen LogP contribution in [0.4, 0.5) is 34.1 Å². The van der Waals surface area contributed by atoms with E-state index in [9.17, 15) is 0 Å². The highest BCUT2D eigenvalue weighted by Gasteiger charge is 2.18. The van der Waals surface area contributed by atoms with Gasteiger partial charge in [0.15, 0.2) is 0 Å². The van der Waals surface area contributed by atoms with Gasteiger partial charge in [0.05, 0.1) is 0 Å². The average molecular weight is 627 g/mol. The van der Waals surface area contributed by atoms with Gasteiger partial charge < -0.3 is 9.80 Å². The molecule has 2 nitrogen and oxygen atoms in total. The first-order chi connectivity index (χ1) is 23.1. The lowest BCUT2D eigenvalue weighted by atomic mass is 9.86. The zero-order valence-corrected chi connectivity index (χ0v) is 29.1. The fraction of sp³-hybridized carbons (Fsp3) is 0.174. The van der Waals surface area contributed by atoms with Crippen molar-refractivity contribution in [3.8, 4) is 0 Å². The number of hydrogen-bond acceptors (Lipinski definition) is 2. The van der Waals surface area contributed by atoms with Crippen molar-refractivity contribution in [2.75, 3.05) is 9.80 Å². The SMILES string of the molecule is CC(C)(C)c1ccc(N(c2ccc(C=Cc3ccc(N(c4ccccc4)c4ccccc4)cc3)cc2)c2ccc(C(C)(C)C)cc2)cc1. The van der Waals surface area contributed by atoms with Crippen LogP contribution in [0.1, 0.15) is 63.8 Å². The first-order valence-electron chi connectivity index (χ1n) is 16.9. The van der Waals surface area contributed by atoms with E-state index in [1.807, 2.05) is 0 Å². The van der Waals surface area contributed by atoms with Crippen LogP contribution in [0, 0.1) is 0 Å². The van der Waals surface area contributed by atoms with Crippen LogP contribution in [-0.2, 0) is 10.8 Å². The number of hydrogen-bond donors (Lipinski definition) is 0. The fourth-order valence-corrected chi connectivity index (χ4v) is 5.93. The second-order valence-corrected chi connectivity index (χ2v) is 14.5. The van der Waals surface area contributed by atoms with E-state index < -0.39 is 0 Å². The molecule has 6 rings (SSSR count). The van der Waals surface area contributed by atoms with Crippen molar-refractivity contribution in [1.29, 1.82) is 0 Å². The minimum absolute atomic E-state index is 0.106. The largest absolute Gasteiger partial charge is 0.311 e. The summed E-state index contributed by atoms with van der Waals surface area (Å²) in [7, 11) is 0. The zero-order valence-electron chi connectivity index (χ0n) is 29.1. The maximum Gasteiger partial charge on any atom is 0.0462 e. The zero-order chi connectivity index (χ0) is 33.7. The van der Waals surface area contributed by atoms with Crippen molar-refractivity contribution in [2.24, 2.45) is 0 Å². The molecule has 0 aliphatic rings. The average Bonchev–Trinajstić information content (AvgIpc) is 3.09. The molecule has 0 unspecified atom stereocenters. The molecule has 0 aliphatic heterocycles. The van der Waals surface area contributed by atoms with Crippen LogP contribution >= 0.6 is 0 Å². The van der Waals surface area contributed by atoms with Crippen molar-refractivity contribution in [1.82, 2.24) is 0 Å². The fourth-order valence-electron chi connectivity index (χ4n) is 5.93. The van der Waals surface area contributed by atoms with Gasteiger partial charge in [-0.15, -0.1) is 0 Å². The lowest BCUT2D eigenvalue weighted by molar-refractivity contribution is 0.590. The van der Waals surface area contributed by atoms with Crippen molar-refractivity contribution in [2.45, 2.75) is 52.4 Å². The molecule has 2 heteroatoms. The molecule has 48 heavy (non-hydrogen) atoms. The molecule has 0 atom stereocenters. The Morgan fingerprint density at radius 2 is 0.562 bits per heavy atom. The monoisotopic (exact) mass is 626 g/mol. The molecule has 6 aromatic carbocycles. The van der Waals surface area contributed by atoms with E-state index in [0.29, 0.717) is 0 Å². The van der Waals surface area contributed by atoms with E-state index in [0.717, 1.165) is 45.3 Å². The van der Waals surface area contributed by atoms with Gasteiger partial charge in [-0.05, 0) is 106 Å². The number of para-hydroxylation sites is 2. The minimum atomic E-state index is 0.106. The van der Waals surface area contributed by atoms with Crippen molar-refractivity contribution < 1.29 is 0 Å². The van der Waals surface area contributed by atoms with Crippen LogP contribution in [0.15, 0.2) is 158 Å².